The Labute approximate surface area is 210 Å². The molecule has 9 nitrogen and oxygen atoms in total. The van der Waals surface area contributed by atoms with Gasteiger partial charge in [0.05, 0.1) is 35.5 Å². The van der Waals surface area contributed by atoms with Crippen LogP contribution in [-0.4, -0.2) is 83.3 Å². The number of carbonyl (C=O) groups is 2. The number of fused-ring (bicyclic) bond motifs is 1. The molecule has 3 aromatic carbocycles. The lowest BCUT2D eigenvalue weighted by molar-refractivity contribution is 0.0535. The lowest BCUT2D eigenvalue weighted by atomic mass is 10.0. The van der Waals surface area contributed by atoms with Gasteiger partial charge in [0.25, 0.3) is 11.8 Å². The number of carbonyl (C=O) groups excluding carboxylic acids is 2. The first-order chi connectivity index (χ1) is 17.4. The predicted molar refractivity (Wildman–Crippen MR) is 135 cm³/mol. The molecule has 1 fully saturated rings. The van der Waals surface area contributed by atoms with Crippen molar-refractivity contribution in [3.05, 3.63) is 53.6 Å². The van der Waals surface area contributed by atoms with Gasteiger partial charge in [-0.15, -0.1) is 0 Å². The number of piperazine rings is 1. The van der Waals surface area contributed by atoms with Crippen LogP contribution in [-0.2, 0) is 0 Å². The van der Waals surface area contributed by atoms with E-state index in [-0.39, 0.29) is 11.8 Å². The maximum Gasteiger partial charge on any atom is 0.254 e. The SMILES string of the molecule is COc1cc2ccc(C(=O)N3CCN(C(=O)c4cc(OC)c(OC)c(OC)c4)CC3)cc2cc1OC. The Morgan fingerprint density at radius 3 is 1.50 bits per heavy atom. The fourth-order valence-electron chi connectivity index (χ4n) is 4.39. The summed E-state index contributed by atoms with van der Waals surface area (Å²) < 4.78 is 26.8. The molecule has 0 saturated carbocycles. The first kappa shape index (κ1) is 25.0. The summed E-state index contributed by atoms with van der Waals surface area (Å²) in [7, 11) is 7.71. The van der Waals surface area contributed by atoms with Gasteiger partial charge in [-0.25, -0.2) is 0 Å². The molecule has 4 rings (SSSR count). The number of methoxy groups -OCH3 is 5. The van der Waals surface area contributed by atoms with Crippen LogP contribution < -0.4 is 23.7 Å². The molecule has 1 aliphatic heterocycles. The number of amides is 2. The van der Waals surface area contributed by atoms with Gasteiger partial charge in [-0.1, -0.05) is 6.07 Å². The number of hydrogen-bond donors (Lipinski definition) is 0. The van der Waals surface area contributed by atoms with Crippen molar-refractivity contribution in [1.29, 1.82) is 0 Å². The fraction of sp³-hybridized carbons (Fsp3) is 0.333. The van der Waals surface area contributed by atoms with Gasteiger partial charge in [0.15, 0.2) is 23.0 Å². The molecule has 1 saturated heterocycles. The monoisotopic (exact) mass is 494 g/mol. The quantitative estimate of drug-likeness (QED) is 0.497. The molecule has 0 spiro atoms. The molecule has 0 aliphatic carbocycles. The zero-order valence-corrected chi connectivity index (χ0v) is 21.1. The first-order valence-electron chi connectivity index (χ1n) is 11.5. The highest BCUT2D eigenvalue weighted by Gasteiger charge is 2.27. The summed E-state index contributed by atoms with van der Waals surface area (Å²) in [6.45, 7) is 1.69. The Balaban J connectivity index is 1.47. The molecule has 36 heavy (non-hydrogen) atoms. The highest BCUT2D eigenvalue weighted by molar-refractivity contribution is 6.00. The van der Waals surface area contributed by atoms with Gasteiger partial charge in [-0.2, -0.15) is 0 Å². The van der Waals surface area contributed by atoms with E-state index in [0.717, 1.165) is 10.8 Å². The van der Waals surface area contributed by atoms with Crippen molar-refractivity contribution in [2.24, 2.45) is 0 Å². The van der Waals surface area contributed by atoms with E-state index in [0.29, 0.717) is 66.1 Å². The minimum Gasteiger partial charge on any atom is -0.493 e. The Kier molecular flexibility index (Phi) is 7.38. The number of benzene rings is 3. The molecule has 9 heteroatoms. The summed E-state index contributed by atoms with van der Waals surface area (Å²) in [5.74, 6) is 2.27. The van der Waals surface area contributed by atoms with Crippen LogP contribution in [0.4, 0.5) is 0 Å². The maximum absolute atomic E-state index is 13.2. The largest absolute Gasteiger partial charge is 0.493 e. The molecule has 0 N–H and O–H groups in total. The van der Waals surface area contributed by atoms with Crippen LogP contribution in [0.1, 0.15) is 20.7 Å². The lowest BCUT2D eigenvalue weighted by Gasteiger charge is -2.35. The zero-order chi connectivity index (χ0) is 25.8. The van der Waals surface area contributed by atoms with Crippen LogP contribution in [0.3, 0.4) is 0 Å². The van der Waals surface area contributed by atoms with Gasteiger partial charge in [-0.05, 0) is 47.2 Å². The second-order valence-electron chi connectivity index (χ2n) is 8.27. The molecular formula is C27H30N2O7. The average molecular weight is 495 g/mol. The van der Waals surface area contributed by atoms with Crippen molar-refractivity contribution in [2.45, 2.75) is 0 Å². The van der Waals surface area contributed by atoms with Crippen LogP contribution >= 0.6 is 0 Å². The van der Waals surface area contributed by atoms with Gasteiger partial charge in [-0.3, -0.25) is 9.59 Å². The Morgan fingerprint density at radius 2 is 1.03 bits per heavy atom. The number of hydrogen-bond acceptors (Lipinski definition) is 7. The summed E-state index contributed by atoms with van der Waals surface area (Å²) in [5.41, 5.74) is 1.02. The van der Waals surface area contributed by atoms with E-state index < -0.39 is 0 Å². The van der Waals surface area contributed by atoms with Crippen LogP contribution in [0, 0.1) is 0 Å². The molecule has 1 aliphatic rings. The van der Waals surface area contributed by atoms with E-state index >= 15 is 0 Å². The van der Waals surface area contributed by atoms with Crippen molar-refractivity contribution >= 4 is 22.6 Å². The highest BCUT2D eigenvalue weighted by atomic mass is 16.5. The zero-order valence-electron chi connectivity index (χ0n) is 21.1. The third-order valence-corrected chi connectivity index (χ3v) is 6.36. The van der Waals surface area contributed by atoms with E-state index in [9.17, 15) is 9.59 Å². The molecule has 1 heterocycles. The van der Waals surface area contributed by atoms with E-state index in [4.69, 9.17) is 23.7 Å². The highest BCUT2D eigenvalue weighted by Crippen LogP contribution is 2.38. The topological polar surface area (TPSA) is 86.8 Å². The fourth-order valence-corrected chi connectivity index (χ4v) is 4.39. The van der Waals surface area contributed by atoms with Gasteiger partial charge >= 0.3 is 0 Å². The average Bonchev–Trinajstić information content (AvgIpc) is 2.94. The van der Waals surface area contributed by atoms with E-state index in [2.05, 4.69) is 0 Å². The van der Waals surface area contributed by atoms with E-state index in [1.807, 2.05) is 30.3 Å². The van der Waals surface area contributed by atoms with Crippen LogP contribution in [0.2, 0.25) is 0 Å². The second kappa shape index (κ2) is 10.6. The smallest absolute Gasteiger partial charge is 0.254 e. The van der Waals surface area contributed by atoms with Crippen molar-refractivity contribution in [3.8, 4) is 28.7 Å². The molecule has 2 amide bonds. The normalized spacial score (nSPS) is 13.4. The first-order valence-corrected chi connectivity index (χ1v) is 11.5. The summed E-state index contributed by atoms with van der Waals surface area (Å²) >= 11 is 0. The predicted octanol–water partition coefficient (Wildman–Crippen LogP) is 3.48. The maximum atomic E-state index is 13.2. The molecule has 0 unspecified atom stereocenters. The lowest BCUT2D eigenvalue weighted by Crippen LogP contribution is -2.50. The van der Waals surface area contributed by atoms with Crippen molar-refractivity contribution in [2.75, 3.05) is 61.7 Å². The summed E-state index contributed by atoms with van der Waals surface area (Å²) in [4.78, 5) is 29.9. The van der Waals surface area contributed by atoms with Crippen LogP contribution in [0.25, 0.3) is 10.8 Å². The Bertz CT molecular complexity index is 1260. The second-order valence-corrected chi connectivity index (χ2v) is 8.27. The van der Waals surface area contributed by atoms with Crippen LogP contribution in [0.15, 0.2) is 42.5 Å². The third kappa shape index (κ3) is 4.68. The molecule has 3 aromatic rings. The number of rotatable bonds is 7. The molecule has 0 atom stereocenters. The molecule has 0 radical (unpaired) electrons. The summed E-state index contributed by atoms with van der Waals surface area (Å²) in [6, 6.07) is 12.6. The Hall–Kier alpha value is -4.14. The van der Waals surface area contributed by atoms with Gasteiger partial charge in [0, 0.05) is 37.3 Å². The van der Waals surface area contributed by atoms with E-state index in [1.54, 1.807) is 36.2 Å². The van der Waals surface area contributed by atoms with Crippen molar-refractivity contribution in [3.63, 3.8) is 0 Å². The number of ether oxygens (including phenoxy) is 5. The minimum absolute atomic E-state index is 0.0773. The third-order valence-electron chi connectivity index (χ3n) is 6.36. The standard InChI is InChI=1S/C27H30N2O7/c1-32-21-13-17-6-7-18(12-19(17)14-22(21)33-2)26(30)28-8-10-29(11-9-28)27(31)20-15-23(34-3)25(36-5)24(16-20)35-4/h6-7,12-16H,8-11H2,1-5H3. The van der Waals surface area contributed by atoms with E-state index in [1.165, 1.54) is 21.3 Å². The summed E-state index contributed by atoms with van der Waals surface area (Å²) in [5, 5.41) is 1.83. The number of nitrogens with zero attached hydrogens (tertiary/aromatic N) is 2. The molecular weight excluding hydrogens is 464 g/mol. The van der Waals surface area contributed by atoms with Crippen LogP contribution in [0.5, 0.6) is 28.7 Å². The minimum atomic E-state index is -0.159. The summed E-state index contributed by atoms with van der Waals surface area (Å²) in [6.07, 6.45) is 0. The van der Waals surface area contributed by atoms with Crippen molar-refractivity contribution < 1.29 is 33.3 Å². The molecule has 0 bridgehead atoms. The molecule has 190 valence electrons. The van der Waals surface area contributed by atoms with Crippen molar-refractivity contribution in [1.82, 2.24) is 9.80 Å². The van der Waals surface area contributed by atoms with Gasteiger partial charge < -0.3 is 33.5 Å². The molecule has 0 aromatic heterocycles. The van der Waals surface area contributed by atoms with Gasteiger partial charge in [0.1, 0.15) is 0 Å². The Morgan fingerprint density at radius 1 is 0.556 bits per heavy atom. The van der Waals surface area contributed by atoms with Gasteiger partial charge in [0.2, 0.25) is 5.75 Å².